The average Bonchev–Trinajstić information content (AvgIpc) is 2.57. The lowest BCUT2D eigenvalue weighted by atomic mass is 9.86. The normalized spacial score (nSPS) is 20.6. The molecule has 24 heavy (non-hydrogen) atoms. The van der Waals surface area contributed by atoms with E-state index in [1.807, 2.05) is 0 Å². The summed E-state index contributed by atoms with van der Waals surface area (Å²) in [5, 5.41) is 2.98. The molecule has 2 unspecified atom stereocenters. The summed E-state index contributed by atoms with van der Waals surface area (Å²) in [5.41, 5.74) is 0.931. The highest BCUT2D eigenvalue weighted by atomic mass is 19.1. The van der Waals surface area contributed by atoms with Crippen LogP contribution in [0.2, 0.25) is 0 Å². The quantitative estimate of drug-likeness (QED) is 0.906. The molecule has 4 nitrogen and oxygen atoms in total. The molecule has 5 heteroatoms. The van der Waals surface area contributed by atoms with Crippen LogP contribution in [0, 0.1) is 11.7 Å². The molecule has 1 heterocycles. The smallest absolute Gasteiger partial charge is 0.261 e. The Kier molecular flexibility index (Phi) is 4.79. The molecule has 1 fully saturated rings. The zero-order valence-corrected chi connectivity index (χ0v) is 13.6. The largest absolute Gasteiger partial charge is 0.349 e. The molecule has 1 amide bonds. The summed E-state index contributed by atoms with van der Waals surface area (Å²) >= 11 is 0. The second kappa shape index (κ2) is 6.99. The van der Waals surface area contributed by atoms with E-state index in [4.69, 9.17) is 0 Å². The lowest BCUT2D eigenvalue weighted by Crippen LogP contribution is -2.42. The lowest BCUT2D eigenvalue weighted by molar-refractivity contribution is 0.0909. The molecule has 1 aromatic heterocycles. The molecule has 0 radical (unpaired) electrons. The van der Waals surface area contributed by atoms with Gasteiger partial charge in [-0.2, -0.15) is 0 Å². The van der Waals surface area contributed by atoms with Gasteiger partial charge in [0.15, 0.2) is 0 Å². The molecular formula is C19H21FN2O2. The summed E-state index contributed by atoms with van der Waals surface area (Å²) in [6, 6.07) is 9.17. The number of amides is 1. The summed E-state index contributed by atoms with van der Waals surface area (Å²) in [5.74, 6) is -0.236. The third-order valence-corrected chi connectivity index (χ3v) is 4.74. The Morgan fingerprint density at radius 1 is 1.12 bits per heavy atom. The molecule has 1 aromatic carbocycles. The van der Waals surface area contributed by atoms with Crippen molar-refractivity contribution >= 4 is 5.91 Å². The number of aromatic nitrogens is 1. The second-order valence-electron chi connectivity index (χ2n) is 6.46. The Labute approximate surface area is 140 Å². The molecule has 3 rings (SSSR count). The zero-order valence-electron chi connectivity index (χ0n) is 13.6. The first-order valence-electron chi connectivity index (χ1n) is 8.35. The van der Waals surface area contributed by atoms with Gasteiger partial charge in [0.2, 0.25) is 0 Å². The Hall–Kier alpha value is -2.43. The van der Waals surface area contributed by atoms with E-state index in [2.05, 4.69) is 17.2 Å². The van der Waals surface area contributed by atoms with Crippen molar-refractivity contribution in [3.63, 3.8) is 0 Å². The second-order valence-corrected chi connectivity index (χ2v) is 6.46. The molecule has 2 N–H and O–H groups in total. The van der Waals surface area contributed by atoms with Crippen LogP contribution in [-0.2, 0) is 0 Å². The van der Waals surface area contributed by atoms with Gasteiger partial charge in [0.05, 0.1) is 0 Å². The first-order valence-corrected chi connectivity index (χ1v) is 8.35. The molecule has 0 aliphatic heterocycles. The first kappa shape index (κ1) is 16.4. The van der Waals surface area contributed by atoms with E-state index in [0.717, 1.165) is 19.3 Å². The number of hydrogen-bond acceptors (Lipinski definition) is 2. The molecule has 2 atom stereocenters. The molecule has 2 aromatic rings. The topological polar surface area (TPSA) is 62.0 Å². The summed E-state index contributed by atoms with van der Waals surface area (Å²) in [6.07, 6.45) is 4.36. The zero-order chi connectivity index (χ0) is 17.1. The fraction of sp³-hybridized carbons (Fsp3) is 0.368. The van der Waals surface area contributed by atoms with E-state index in [1.165, 1.54) is 24.6 Å². The van der Waals surface area contributed by atoms with Crippen LogP contribution in [0.3, 0.4) is 0 Å². The van der Waals surface area contributed by atoms with Crippen LogP contribution in [-0.4, -0.2) is 16.9 Å². The van der Waals surface area contributed by atoms with Gasteiger partial charge in [-0.1, -0.05) is 19.8 Å². The predicted octanol–water partition coefficient (Wildman–Crippen LogP) is 3.49. The summed E-state index contributed by atoms with van der Waals surface area (Å²) in [7, 11) is 0. The van der Waals surface area contributed by atoms with Gasteiger partial charge in [0.1, 0.15) is 11.4 Å². The summed E-state index contributed by atoms with van der Waals surface area (Å²) in [6.45, 7) is 2.13. The Balaban J connectivity index is 1.78. The molecular weight excluding hydrogens is 307 g/mol. The third kappa shape index (κ3) is 3.55. The Morgan fingerprint density at radius 3 is 2.50 bits per heavy atom. The highest BCUT2D eigenvalue weighted by Crippen LogP contribution is 2.24. The van der Waals surface area contributed by atoms with E-state index in [0.29, 0.717) is 17.2 Å². The van der Waals surface area contributed by atoms with Gasteiger partial charge < -0.3 is 10.3 Å². The van der Waals surface area contributed by atoms with Crippen LogP contribution in [0.5, 0.6) is 0 Å². The number of carbonyl (C=O) groups excluding carboxylic acids is 1. The number of nitrogens with one attached hydrogen (secondary N) is 2. The van der Waals surface area contributed by atoms with Crippen LogP contribution in [0.15, 0.2) is 41.2 Å². The van der Waals surface area contributed by atoms with Crippen molar-refractivity contribution in [3.8, 4) is 11.3 Å². The maximum Gasteiger partial charge on any atom is 0.261 e. The minimum Gasteiger partial charge on any atom is -0.349 e. The van der Waals surface area contributed by atoms with Gasteiger partial charge in [-0.25, -0.2) is 4.39 Å². The van der Waals surface area contributed by atoms with Crippen LogP contribution in [0.25, 0.3) is 11.3 Å². The Bertz CT molecular complexity index is 783. The number of benzene rings is 1. The minimum atomic E-state index is -0.433. The van der Waals surface area contributed by atoms with Crippen molar-refractivity contribution < 1.29 is 9.18 Å². The molecule has 1 aliphatic carbocycles. The highest BCUT2D eigenvalue weighted by molar-refractivity contribution is 5.94. The average molecular weight is 328 g/mol. The Morgan fingerprint density at radius 2 is 1.83 bits per heavy atom. The lowest BCUT2D eigenvalue weighted by Gasteiger charge is -2.29. The summed E-state index contributed by atoms with van der Waals surface area (Å²) in [4.78, 5) is 27.3. The van der Waals surface area contributed by atoms with E-state index in [-0.39, 0.29) is 23.3 Å². The number of aromatic amines is 1. The number of carbonyl (C=O) groups is 1. The van der Waals surface area contributed by atoms with Crippen LogP contribution in [0.1, 0.15) is 43.0 Å². The number of rotatable bonds is 3. The number of hydrogen-bond donors (Lipinski definition) is 2. The van der Waals surface area contributed by atoms with E-state index in [1.54, 1.807) is 18.2 Å². The van der Waals surface area contributed by atoms with E-state index >= 15 is 0 Å². The molecule has 1 saturated carbocycles. The third-order valence-electron chi connectivity index (χ3n) is 4.74. The van der Waals surface area contributed by atoms with Crippen molar-refractivity contribution in [2.45, 2.75) is 38.6 Å². The molecule has 0 saturated heterocycles. The number of halogens is 1. The van der Waals surface area contributed by atoms with Crippen molar-refractivity contribution in [2.75, 3.05) is 0 Å². The minimum absolute atomic E-state index is 0.110. The van der Waals surface area contributed by atoms with Gasteiger partial charge in [-0.05, 0) is 60.7 Å². The van der Waals surface area contributed by atoms with Gasteiger partial charge in [0, 0.05) is 11.7 Å². The van der Waals surface area contributed by atoms with Gasteiger partial charge in [-0.3, -0.25) is 9.59 Å². The summed E-state index contributed by atoms with van der Waals surface area (Å²) < 4.78 is 13.0. The standard InChI is InChI=1S/C19H21FN2O2/c1-12-4-2-3-5-16(12)21-18(23)15-10-11-17(22-19(15)24)13-6-8-14(20)9-7-13/h6-12,16H,2-5H2,1H3,(H,21,23)(H,22,24). The maximum atomic E-state index is 13.0. The molecule has 126 valence electrons. The SMILES string of the molecule is CC1CCCCC1NC(=O)c1ccc(-c2ccc(F)cc2)[nH]c1=O. The van der Waals surface area contributed by atoms with Gasteiger partial charge in [-0.15, -0.1) is 0 Å². The highest BCUT2D eigenvalue weighted by Gasteiger charge is 2.24. The van der Waals surface area contributed by atoms with Crippen LogP contribution < -0.4 is 10.9 Å². The fourth-order valence-electron chi connectivity index (χ4n) is 3.23. The maximum absolute atomic E-state index is 13.0. The molecule has 0 spiro atoms. The van der Waals surface area contributed by atoms with Crippen LogP contribution >= 0.6 is 0 Å². The monoisotopic (exact) mass is 328 g/mol. The first-order chi connectivity index (χ1) is 11.5. The van der Waals surface area contributed by atoms with Crippen molar-refractivity contribution in [1.82, 2.24) is 10.3 Å². The van der Waals surface area contributed by atoms with Crippen molar-refractivity contribution in [3.05, 3.63) is 58.1 Å². The van der Waals surface area contributed by atoms with Crippen LogP contribution in [0.4, 0.5) is 4.39 Å². The van der Waals surface area contributed by atoms with Crippen molar-refractivity contribution in [2.24, 2.45) is 5.92 Å². The molecule has 1 aliphatic rings. The number of pyridine rings is 1. The predicted molar refractivity (Wildman–Crippen MR) is 91.3 cm³/mol. The van der Waals surface area contributed by atoms with E-state index < -0.39 is 5.56 Å². The van der Waals surface area contributed by atoms with Gasteiger partial charge >= 0.3 is 0 Å². The number of H-pyrrole nitrogens is 1. The van der Waals surface area contributed by atoms with Crippen molar-refractivity contribution in [1.29, 1.82) is 0 Å². The molecule has 0 bridgehead atoms. The van der Waals surface area contributed by atoms with Gasteiger partial charge in [0.25, 0.3) is 11.5 Å². The van der Waals surface area contributed by atoms with E-state index in [9.17, 15) is 14.0 Å². The fourth-order valence-corrected chi connectivity index (χ4v) is 3.23.